The summed E-state index contributed by atoms with van der Waals surface area (Å²) < 4.78 is 73.0. The zero-order valence-electron chi connectivity index (χ0n) is 79.2. The predicted molar refractivity (Wildman–Crippen MR) is 523 cm³/mol. The monoisotopic (exact) mass is 1820 g/mol. The Hall–Kier alpha value is -13.6. The third kappa shape index (κ3) is 35.5. The van der Waals surface area contributed by atoms with Crippen molar-refractivity contribution in [2.24, 2.45) is 0 Å². The van der Waals surface area contributed by atoms with Gasteiger partial charge in [-0.25, -0.2) is 0 Å². The maximum atomic E-state index is 11.7. The van der Waals surface area contributed by atoms with Crippen LogP contribution >= 0.6 is 12.6 Å². The second kappa shape index (κ2) is 56.2. The van der Waals surface area contributed by atoms with Gasteiger partial charge in [0.25, 0.3) is 0 Å². The molecule has 1 aliphatic carbocycles. The maximum Gasteiger partial charge on any atom is 0.310 e. The van der Waals surface area contributed by atoms with Crippen molar-refractivity contribution in [1.29, 1.82) is 0 Å². The number of esters is 6. The highest BCUT2D eigenvalue weighted by molar-refractivity contribution is 7.79. The molecule has 0 unspecified atom stereocenters. The van der Waals surface area contributed by atoms with Gasteiger partial charge < -0.3 is 66.7 Å². The van der Waals surface area contributed by atoms with Crippen molar-refractivity contribution in [3.05, 3.63) is 349 Å². The van der Waals surface area contributed by atoms with Crippen molar-refractivity contribution in [2.75, 3.05) is 6.61 Å². The van der Waals surface area contributed by atoms with Crippen molar-refractivity contribution in [3.63, 3.8) is 0 Å². The Morgan fingerprint density at radius 1 is 0.271 bits per heavy atom. The van der Waals surface area contributed by atoms with E-state index in [-0.39, 0.29) is 55.6 Å². The lowest BCUT2D eigenvalue weighted by molar-refractivity contribution is -0.135. The molecule has 0 atom stereocenters. The molecule has 12 aromatic carbocycles. The Kier molecular flexibility index (Phi) is 44.2. The molecule has 0 saturated heterocycles. The van der Waals surface area contributed by atoms with Crippen molar-refractivity contribution < 1.29 is 95.5 Å². The quantitative estimate of drug-likeness (QED) is 0.0211. The number of aliphatic hydroxyl groups is 1. The standard InChI is InChI=1S/C20H22O3.C19H22O4.C19H22O3.C18H20O4.C18H20O3S.C18H20O3/c1-3-20(21)23-19-6-4-5-17(15-9-10-15)18(19)13-22-16-11-7-14(2)8-12-16;1-4-19(20)23-18-8-6-7-17(21-5-2)16(18)13-22-15-11-9-14(3)10-12-15;1-4-15-7-6-8-18(22-19(20)5-2)17(15)13-21-16-11-9-14(3)10-12-16;1-3-18(20)22-17-6-4-5-14(11-19)16(17)12-21-15-9-7-13(2)8-10-15;1-3-18(19)21-17-6-4-5-14(12-22)16(17)11-20-15-9-7-13(2)8-10-15;1-4-18(19)21-17-7-5-6-14(3)16(17)12-20-15-10-8-13(2)9-11-15/h4-8,11-12,15H,3,9-10,13H2,1-2H3;6-12H,4-5,13H2,1-3H3;6-12H,4-5,13H2,1-3H3;4-10,19H,3,11-12H2,1-2H3;4-10,22H,3,11-12H2,1-2H3;5-11H,4,12H2,1-3H3. The number of carbonyl (C=O) groups excluding carboxylic acids is 6. The van der Waals surface area contributed by atoms with E-state index < -0.39 is 0 Å². The summed E-state index contributed by atoms with van der Waals surface area (Å²) in [6.07, 6.45) is 5.28. The van der Waals surface area contributed by atoms with E-state index in [1.807, 2.05) is 255 Å². The van der Waals surface area contributed by atoms with E-state index in [0.717, 1.165) is 91.0 Å². The Morgan fingerprint density at radius 3 is 0.812 bits per heavy atom. The zero-order chi connectivity index (χ0) is 96.0. The van der Waals surface area contributed by atoms with Gasteiger partial charge in [-0.05, 0) is 224 Å². The minimum Gasteiger partial charge on any atom is -0.493 e. The van der Waals surface area contributed by atoms with Gasteiger partial charge in [-0.1, -0.05) is 221 Å². The third-order valence-electron chi connectivity index (χ3n) is 20.9. The van der Waals surface area contributed by atoms with Crippen LogP contribution in [0.2, 0.25) is 0 Å². The van der Waals surface area contributed by atoms with Gasteiger partial charge in [0, 0.05) is 72.1 Å². The number of aryl methyl sites for hydroxylation is 8. The molecule has 0 heterocycles. The summed E-state index contributed by atoms with van der Waals surface area (Å²) in [7, 11) is 0. The van der Waals surface area contributed by atoms with E-state index in [4.69, 9.17) is 61.6 Å². The van der Waals surface area contributed by atoms with Gasteiger partial charge in [0.1, 0.15) is 114 Å². The molecule has 1 aliphatic rings. The number of hydrogen-bond acceptors (Lipinski definition) is 21. The van der Waals surface area contributed by atoms with E-state index in [9.17, 15) is 33.9 Å². The predicted octanol–water partition coefficient (Wildman–Crippen LogP) is 25.4. The molecule has 0 aliphatic heterocycles. The smallest absolute Gasteiger partial charge is 0.310 e. The number of carbonyl (C=O) groups is 6. The molecule has 21 heteroatoms. The third-order valence-corrected chi connectivity index (χ3v) is 21.2. The average Bonchev–Trinajstić information content (AvgIpc) is 1.68. The lowest BCUT2D eigenvalue weighted by atomic mass is 10.0. The largest absolute Gasteiger partial charge is 0.493 e. The summed E-state index contributed by atoms with van der Waals surface area (Å²) in [6.45, 7) is 31.2. The lowest BCUT2D eigenvalue weighted by Crippen LogP contribution is -2.10. The van der Waals surface area contributed by atoms with Crippen LogP contribution in [0.25, 0.3) is 0 Å². The number of hydrogen-bond donors (Lipinski definition) is 2. The molecule has 20 nitrogen and oxygen atoms in total. The minimum atomic E-state index is -0.313. The summed E-state index contributed by atoms with van der Waals surface area (Å²) in [5.74, 6) is 8.25. The highest BCUT2D eigenvalue weighted by atomic mass is 32.1. The lowest BCUT2D eigenvalue weighted by Gasteiger charge is -2.15. The van der Waals surface area contributed by atoms with E-state index in [0.29, 0.717) is 135 Å². The van der Waals surface area contributed by atoms with Gasteiger partial charge in [-0.2, -0.15) is 12.6 Å². The van der Waals surface area contributed by atoms with Crippen LogP contribution in [-0.2, 0) is 87.2 Å². The van der Waals surface area contributed by atoms with Crippen molar-refractivity contribution in [3.8, 4) is 74.7 Å². The number of aliphatic hydroxyl groups excluding tert-OH is 1. The molecule has 13 rings (SSSR count). The summed E-state index contributed by atoms with van der Waals surface area (Å²) >= 11 is 4.34. The van der Waals surface area contributed by atoms with Crippen LogP contribution in [0.4, 0.5) is 0 Å². The molecule has 0 radical (unpaired) electrons. The molecule has 0 bridgehead atoms. The van der Waals surface area contributed by atoms with Crippen LogP contribution in [0.1, 0.15) is 207 Å². The molecule has 1 N–H and O–H groups in total. The highest BCUT2D eigenvalue weighted by Crippen LogP contribution is 2.44. The van der Waals surface area contributed by atoms with Crippen molar-refractivity contribution in [1.82, 2.24) is 0 Å². The molecule has 0 spiro atoms. The maximum absolute atomic E-state index is 11.7. The van der Waals surface area contributed by atoms with Gasteiger partial charge >= 0.3 is 35.8 Å². The molecule has 700 valence electrons. The zero-order valence-corrected chi connectivity index (χ0v) is 80.1. The van der Waals surface area contributed by atoms with Gasteiger partial charge in [0.2, 0.25) is 0 Å². The van der Waals surface area contributed by atoms with E-state index >= 15 is 0 Å². The highest BCUT2D eigenvalue weighted by Gasteiger charge is 2.29. The average molecular weight is 1820 g/mol. The first-order valence-corrected chi connectivity index (χ1v) is 45.8. The summed E-state index contributed by atoms with van der Waals surface area (Å²) in [5, 5.41) is 9.47. The van der Waals surface area contributed by atoms with Gasteiger partial charge in [0.05, 0.1) is 18.8 Å². The molecule has 0 aromatic heterocycles. The van der Waals surface area contributed by atoms with Crippen LogP contribution in [0, 0.1) is 48.5 Å². The molecule has 12 aromatic rings. The topological polar surface area (TPSA) is 243 Å². The Bertz CT molecular complexity index is 5380. The number of thiol groups is 1. The van der Waals surface area contributed by atoms with Gasteiger partial charge in [-0.3, -0.25) is 28.8 Å². The Labute approximate surface area is 789 Å². The number of ether oxygens (including phenoxy) is 13. The fraction of sp³-hybridized carbons (Fsp3) is 0.304. The van der Waals surface area contributed by atoms with Crippen molar-refractivity contribution in [2.45, 2.75) is 220 Å². The molecular formula is C112H126O20S. The van der Waals surface area contributed by atoms with E-state index in [2.05, 4.69) is 32.5 Å². The van der Waals surface area contributed by atoms with Crippen LogP contribution in [0.5, 0.6) is 74.7 Å². The van der Waals surface area contributed by atoms with Crippen LogP contribution in [0.3, 0.4) is 0 Å². The SMILES string of the molecule is CCC(=O)Oc1cccc(C)c1COc1ccc(C)cc1.CCC(=O)Oc1cccc(C2CC2)c1COc1ccc(C)cc1.CCC(=O)Oc1cccc(CC)c1COc1ccc(C)cc1.CCC(=O)Oc1cccc(CO)c1COc1ccc(C)cc1.CCC(=O)Oc1cccc(CS)c1COc1ccc(C)cc1.CCOc1cccc(OC(=O)CC)c1COc1ccc(C)cc1. The van der Waals surface area contributed by atoms with Crippen LogP contribution in [0.15, 0.2) is 255 Å². The van der Waals surface area contributed by atoms with Crippen molar-refractivity contribution >= 4 is 48.4 Å². The summed E-state index contributed by atoms with van der Waals surface area (Å²) in [4.78, 5) is 69.4. The fourth-order valence-electron chi connectivity index (χ4n) is 12.8. The Morgan fingerprint density at radius 2 is 0.511 bits per heavy atom. The number of benzene rings is 12. The minimum absolute atomic E-state index is 0.135. The molecule has 0 amide bonds. The number of rotatable bonds is 36. The summed E-state index contributed by atoms with van der Waals surface area (Å²) in [6, 6.07) is 80.8. The normalized spacial score (nSPS) is 10.9. The van der Waals surface area contributed by atoms with Gasteiger partial charge in [-0.15, -0.1) is 0 Å². The first-order chi connectivity index (χ1) is 64.3. The molecule has 133 heavy (non-hydrogen) atoms. The molecular weight excluding hydrogens is 1700 g/mol. The van der Waals surface area contributed by atoms with E-state index in [1.165, 1.54) is 46.2 Å². The Balaban J connectivity index is 0.000000197. The first-order valence-electron chi connectivity index (χ1n) is 45.2. The van der Waals surface area contributed by atoms with Gasteiger partial charge in [0.15, 0.2) is 0 Å². The fourth-order valence-corrected chi connectivity index (χ4v) is 13.1. The molecule has 1 fully saturated rings. The first kappa shape index (κ1) is 105. The van der Waals surface area contributed by atoms with E-state index in [1.54, 1.807) is 84.0 Å². The molecule has 1 saturated carbocycles. The van der Waals surface area contributed by atoms with Crippen LogP contribution in [-0.4, -0.2) is 47.5 Å². The van der Waals surface area contributed by atoms with Crippen LogP contribution < -0.4 is 61.6 Å². The second-order valence-corrected chi connectivity index (χ2v) is 31.6. The summed E-state index contributed by atoms with van der Waals surface area (Å²) in [5.41, 5.74) is 17.3. The second-order valence-electron chi connectivity index (χ2n) is 31.2.